The summed E-state index contributed by atoms with van der Waals surface area (Å²) in [5.74, 6) is 1.78. The molecular weight excluding hydrogens is 252 g/mol. The summed E-state index contributed by atoms with van der Waals surface area (Å²) in [7, 11) is 0. The van der Waals surface area contributed by atoms with E-state index in [1.807, 2.05) is 12.1 Å². The minimum atomic E-state index is 0.465. The fourth-order valence-corrected chi connectivity index (χ4v) is 1.90. The van der Waals surface area contributed by atoms with Crippen LogP contribution in [0.2, 0.25) is 0 Å². The smallest absolute Gasteiger partial charge is 0.218 e. The Balaban J connectivity index is 1.81. The average Bonchev–Trinajstić information content (AvgIpc) is 2.45. The maximum atomic E-state index is 5.75. The molecule has 0 amide bonds. The molecule has 5 nitrogen and oxygen atoms in total. The first-order valence-corrected chi connectivity index (χ1v) is 6.93. The molecule has 0 unspecified atom stereocenters. The highest BCUT2D eigenvalue weighted by Crippen LogP contribution is 2.12. The lowest BCUT2D eigenvalue weighted by Gasteiger charge is -2.07. The number of aryl methyl sites for hydroxylation is 2. The van der Waals surface area contributed by atoms with Crippen molar-refractivity contribution in [2.24, 2.45) is 0 Å². The average molecular weight is 272 g/mol. The summed E-state index contributed by atoms with van der Waals surface area (Å²) < 4.78 is 5.65. The van der Waals surface area contributed by atoms with Gasteiger partial charge in [-0.1, -0.05) is 6.92 Å². The summed E-state index contributed by atoms with van der Waals surface area (Å²) in [5.41, 5.74) is 7.01. The Bertz CT molecular complexity index is 531. The van der Waals surface area contributed by atoms with Crippen molar-refractivity contribution in [1.82, 2.24) is 15.0 Å². The van der Waals surface area contributed by atoms with Crippen molar-refractivity contribution in [3.63, 3.8) is 0 Å². The SMILES string of the molecule is CCCc1nc(N)cc(OCCCc2ccncc2)n1. The zero-order chi connectivity index (χ0) is 14.2. The van der Waals surface area contributed by atoms with Crippen LogP contribution >= 0.6 is 0 Å². The molecule has 5 heteroatoms. The third-order valence-corrected chi connectivity index (χ3v) is 2.85. The Morgan fingerprint density at radius 1 is 1.15 bits per heavy atom. The molecule has 2 N–H and O–H groups in total. The standard InChI is InChI=1S/C15H20N4O/c1-2-4-14-18-13(16)11-15(19-14)20-10-3-5-12-6-8-17-9-7-12/h6-9,11H,2-5,10H2,1H3,(H2,16,18,19). The summed E-state index contributed by atoms with van der Waals surface area (Å²) in [5, 5.41) is 0. The van der Waals surface area contributed by atoms with Gasteiger partial charge in [-0.3, -0.25) is 4.98 Å². The number of hydrogen-bond donors (Lipinski definition) is 1. The van der Waals surface area contributed by atoms with Gasteiger partial charge in [0.2, 0.25) is 5.88 Å². The van der Waals surface area contributed by atoms with Crippen molar-refractivity contribution in [3.8, 4) is 5.88 Å². The Kier molecular flexibility index (Phi) is 5.29. The molecule has 2 aromatic heterocycles. The third kappa shape index (κ3) is 4.50. The first kappa shape index (κ1) is 14.2. The third-order valence-electron chi connectivity index (χ3n) is 2.85. The number of anilines is 1. The molecule has 106 valence electrons. The second-order valence-electron chi connectivity index (χ2n) is 4.60. The van der Waals surface area contributed by atoms with Gasteiger partial charge in [0.25, 0.3) is 0 Å². The lowest BCUT2D eigenvalue weighted by molar-refractivity contribution is 0.298. The lowest BCUT2D eigenvalue weighted by atomic mass is 10.1. The maximum absolute atomic E-state index is 5.75. The molecule has 0 aliphatic heterocycles. The highest BCUT2D eigenvalue weighted by molar-refractivity contribution is 5.32. The Morgan fingerprint density at radius 3 is 2.70 bits per heavy atom. The van der Waals surface area contributed by atoms with Crippen LogP contribution in [0.25, 0.3) is 0 Å². The van der Waals surface area contributed by atoms with Gasteiger partial charge in [0.05, 0.1) is 6.61 Å². The van der Waals surface area contributed by atoms with E-state index in [0.29, 0.717) is 18.3 Å². The van der Waals surface area contributed by atoms with Gasteiger partial charge in [-0.2, -0.15) is 4.98 Å². The Labute approximate surface area is 119 Å². The normalized spacial score (nSPS) is 10.4. The molecule has 0 atom stereocenters. The van der Waals surface area contributed by atoms with Crippen LogP contribution in [0, 0.1) is 0 Å². The van der Waals surface area contributed by atoms with Gasteiger partial charge in [0, 0.05) is 24.9 Å². The predicted octanol–water partition coefficient (Wildman–Crippen LogP) is 2.42. The van der Waals surface area contributed by atoms with E-state index in [0.717, 1.165) is 31.5 Å². The van der Waals surface area contributed by atoms with Crippen molar-refractivity contribution in [3.05, 3.63) is 42.0 Å². The van der Waals surface area contributed by atoms with Gasteiger partial charge in [-0.15, -0.1) is 0 Å². The molecule has 2 aromatic rings. The summed E-state index contributed by atoms with van der Waals surface area (Å²) >= 11 is 0. The van der Waals surface area contributed by atoms with E-state index in [1.54, 1.807) is 18.5 Å². The van der Waals surface area contributed by atoms with Crippen LogP contribution in [0.4, 0.5) is 5.82 Å². The number of pyridine rings is 1. The molecule has 0 saturated carbocycles. The van der Waals surface area contributed by atoms with E-state index in [9.17, 15) is 0 Å². The molecule has 2 rings (SSSR count). The summed E-state index contributed by atoms with van der Waals surface area (Å²) in [6, 6.07) is 5.70. The number of nitrogens with zero attached hydrogens (tertiary/aromatic N) is 3. The van der Waals surface area contributed by atoms with Crippen LogP contribution in [-0.2, 0) is 12.8 Å². The van der Waals surface area contributed by atoms with Crippen molar-refractivity contribution in [2.45, 2.75) is 32.6 Å². The van der Waals surface area contributed by atoms with Crippen molar-refractivity contribution < 1.29 is 4.74 Å². The van der Waals surface area contributed by atoms with Gasteiger partial charge >= 0.3 is 0 Å². The van der Waals surface area contributed by atoms with E-state index in [4.69, 9.17) is 10.5 Å². The molecular formula is C15H20N4O. The highest BCUT2D eigenvalue weighted by Gasteiger charge is 2.03. The predicted molar refractivity (Wildman–Crippen MR) is 78.5 cm³/mol. The quantitative estimate of drug-likeness (QED) is 0.783. The zero-order valence-corrected chi connectivity index (χ0v) is 11.7. The topological polar surface area (TPSA) is 73.9 Å². The largest absolute Gasteiger partial charge is 0.478 e. The van der Waals surface area contributed by atoms with Gasteiger partial charge in [-0.05, 0) is 37.0 Å². The van der Waals surface area contributed by atoms with Crippen LogP contribution in [0.3, 0.4) is 0 Å². The van der Waals surface area contributed by atoms with Crippen molar-refractivity contribution in [2.75, 3.05) is 12.3 Å². The van der Waals surface area contributed by atoms with E-state index in [2.05, 4.69) is 21.9 Å². The molecule has 0 saturated heterocycles. The zero-order valence-electron chi connectivity index (χ0n) is 11.7. The molecule has 0 aliphatic rings. The second kappa shape index (κ2) is 7.43. The number of ether oxygens (including phenoxy) is 1. The number of aromatic nitrogens is 3. The molecule has 0 aromatic carbocycles. The van der Waals surface area contributed by atoms with Crippen LogP contribution in [0.1, 0.15) is 31.2 Å². The van der Waals surface area contributed by atoms with Crippen LogP contribution in [-0.4, -0.2) is 21.6 Å². The first-order valence-electron chi connectivity index (χ1n) is 6.93. The maximum Gasteiger partial charge on any atom is 0.218 e. The van der Waals surface area contributed by atoms with Crippen LogP contribution < -0.4 is 10.5 Å². The molecule has 0 fully saturated rings. The highest BCUT2D eigenvalue weighted by atomic mass is 16.5. The molecule has 0 aliphatic carbocycles. The number of rotatable bonds is 7. The van der Waals surface area contributed by atoms with Gasteiger partial charge in [0.15, 0.2) is 0 Å². The fourth-order valence-electron chi connectivity index (χ4n) is 1.90. The van der Waals surface area contributed by atoms with Crippen molar-refractivity contribution >= 4 is 5.82 Å². The summed E-state index contributed by atoms with van der Waals surface area (Å²) in [6.07, 6.45) is 7.31. The van der Waals surface area contributed by atoms with E-state index >= 15 is 0 Å². The molecule has 0 bridgehead atoms. The van der Waals surface area contributed by atoms with Gasteiger partial charge in [-0.25, -0.2) is 4.98 Å². The second-order valence-corrected chi connectivity index (χ2v) is 4.60. The molecule has 20 heavy (non-hydrogen) atoms. The van der Waals surface area contributed by atoms with E-state index in [1.165, 1.54) is 5.56 Å². The minimum absolute atomic E-state index is 0.465. The summed E-state index contributed by atoms with van der Waals surface area (Å²) in [6.45, 7) is 2.70. The van der Waals surface area contributed by atoms with Crippen LogP contribution in [0.5, 0.6) is 5.88 Å². The van der Waals surface area contributed by atoms with Crippen molar-refractivity contribution in [1.29, 1.82) is 0 Å². The fraction of sp³-hybridized carbons (Fsp3) is 0.400. The molecule has 2 heterocycles. The Morgan fingerprint density at radius 2 is 1.95 bits per heavy atom. The molecule has 0 radical (unpaired) electrons. The summed E-state index contributed by atoms with van der Waals surface area (Å²) in [4.78, 5) is 12.5. The first-order chi connectivity index (χ1) is 9.78. The van der Waals surface area contributed by atoms with Gasteiger partial charge < -0.3 is 10.5 Å². The van der Waals surface area contributed by atoms with Gasteiger partial charge in [0.1, 0.15) is 11.6 Å². The molecule has 0 spiro atoms. The number of nitrogens with two attached hydrogens (primary N) is 1. The lowest BCUT2D eigenvalue weighted by Crippen LogP contribution is -2.05. The number of nitrogen functional groups attached to an aromatic ring is 1. The monoisotopic (exact) mass is 272 g/mol. The van der Waals surface area contributed by atoms with Crippen LogP contribution in [0.15, 0.2) is 30.6 Å². The Hall–Kier alpha value is -2.17. The van der Waals surface area contributed by atoms with E-state index < -0.39 is 0 Å². The number of hydrogen-bond acceptors (Lipinski definition) is 5. The van der Waals surface area contributed by atoms with E-state index in [-0.39, 0.29) is 0 Å². The minimum Gasteiger partial charge on any atom is -0.478 e.